The monoisotopic (exact) mass is 305 g/mol. The Bertz CT molecular complexity index is 999. The van der Waals surface area contributed by atoms with Crippen molar-refractivity contribution < 1.29 is 9.21 Å². The standard InChI is InChI=1S/C18H15N3O2/c1-21-14(18(22)20-11-12-5-4-8-19-10-12)9-16-17(21)13-6-2-3-7-15(13)23-16/h2-10H,11H2,1H3,(H,20,22). The molecule has 0 aliphatic heterocycles. The molecule has 3 aromatic heterocycles. The van der Waals surface area contributed by atoms with Crippen LogP contribution in [-0.2, 0) is 13.6 Å². The molecule has 0 aliphatic carbocycles. The number of furan rings is 1. The van der Waals surface area contributed by atoms with Crippen LogP contribution in [0.3, 0.4) is 0 Å². The van der Waals surface area contributed by atoms with E-state index in [1.807, 2.05) is 48.0 Å². The SMILES string of the molecule is Cn1c(C(=O)NCc2cccnc2)cc2oc3ccccc3c21. The first kappa shape index (κ1) is 13.6. The van der Waals surface area contributed by atoms with Gasteiger partial charge in [0.2, 0.25) is 0 Å². The molecular formula is C18H15N3O2. The van der Waals surface area contributed by atoms with E-state index in [2.05, 4.69) is 10.3 Å². The molecular weight excluding hydrogens is 290 g/mol. The highest BCUT2D eigenvalue weighted by Crippen LogP contribution is 2.30. The van der Waals surface area contributed by atoms with Crippen LogP contribution in [0.15, 0.2) is 59.3 Å². The Balaban J connectivity index is 1.66. The Hall–Kier alpha value is -3.08. The highest BCUT2D eigenvalue weighted by molar-refractivity contribution is 6.07. The van der Waals surface area contributed by atoms with E-state index in [4.69, 9.17) is 4.42 Å². The summed E-state index contributed by atoms with van der Waals surface area (Å²) in [6, 6.07) is 13.4. The van der Waals surface area contributed by atoms with Gasteiger partial charge < -0.3 is 14.3 Å². The van der Waals surface area contributed by atoms with Crippen LogP contribution >= 0.6 is 0 Å². The number of rotatable bonds is 3. The van der Waals surface area contributed by atoms with Gasteiger partial charge in [0.1, 0.15) is 11.3 Å². The largest absolute Gasteiger partial charge is 0.454 e. The molecule has 23 heavy (non-hydrogen) atoms. The quantitative estimate of drug-likeness (QED) is 0.632. The summed E-state index contributed by atoms with van der Waals surface area (Å²) in [6.07, 6.45) is 3.45. The first-order valence-electron chi connectivity index (χ1n) is 7.38. The average Bonchev–Trinajstić information content (AvgIpc) is 3.10. The van der Waals surface area contributed by atoms with Crippen LogP contribution in [0.4, 0.5) is 0 Å². The molecule has 114 valence electrons. The molecule has 1 N–H and O–H groups in total. The lowest BCUT2D eigenvalue weighted by Crippen LogP contribution is -2.24. The molecule has 4 rings (SSSR count). The first-order valence-corrected chi connectivity index (χ1v) is 7.38. The minimum atomic E-state index is -0.133. The van der Waals surface area contributed by atoms with Crippen molar-refractivity contribution in [2.45, 2.75) is 6.54 Å². The van der Waals surface area contributed by atoms with Crippen LogP contribution < -0.4 is 5.32 Å². The lowest BCUT2D eigenvalue weighted by atomic mass is 10.2. The van der Waals surface area contributed by atoms with Gasteiger partial charge in [-0.05, 0) is 23.8 Å². The maximum Gasteiger partial charge on any atom is 0.268 e. The number of carbonyl (C=O) groups is 1. The highest BCUT2D eigenvalue weighted by Gasteiger charge is 2.18. The van der Waals surface area contributed by atoms with E-state index in [1.165, 1.54) is 0 Å². The Morgan fingerprint density at radius 3 is 2.91 bits per heavy atom. The molecule has 5 heteroatoms. The lowest BCUT2D eigenvalue weighted by Gasteiger charge is -2.06. The third-order valence-corrected chi connectivity index (χ3v) is 3.97. The average molecular weight is 305 g/mol. The van der Waals surface area contributed by atoms with Gasteiger partial charge in [0, 0.05) is 37.4 Å². The van der Waals surface area contributed by atoms with Crippen molar-refractivity contribution in [3.8, 4) is 0 Å². The number of pyridine rings is 1. The van der Waals surface area contributed by atoms with E-state index in [-0.39, 0.29) is 5.91 Å². The number of nitrogens with zero attached hydrogens (tertiary/aromatic N) is 2. The predicted molar refractivity (Wildman–Crippen MR) is 88.1 cm³/mol. The van der Waals surface area contributed by atoms with E-state index in [0.717, 1.165) is 27.6 Å². The second kappa shape index (κ2) is 5.28. The summed E-state index contributed by atoms with van der Waals surface area (Å²) >= 11 is 0. The van der Waals surface area contributed by atoms with E-state index in [1.54, 1.807) is 18.5 Å². The fourth-order valence-electron chi connectivity index (χ4n) is 2.83. The lowest BCUT2D eigenvalue weighted by molar-refractivity contribution is 0.0943. The van der Waals surface area contributed by atoms with Gasteiger partial charge in [0.05, 0.1) is 5.52 Å². The number of aryl methyl sites for hydroxylation is 1. The summed E-state index contributed by atoms with van der Waals surface area (Å²) in [5, 5.41) is 3.92. The molecule has 0 fully saturated rings. The van der Waals surface area contributed by atoms with Crippen LogP contribution in [0.2, 0.25) is 0 Å². The van der Waals surface area contributed by atoms with Gasteiger partial charge in [-0.1, -0.05) is 18.2 Å². The highest BCUT2D eigenvalue weighted by atomic mass is 16.3. The first-order chi connectivity index (χ1) is 11.2. The Morgan fingerprint density at radius 2 is 2.09 bits per heavy atom. The summed E-state index contributed by atoms with van der Waals surface area (Å²) in [5.41, 5.74) is 4.03. The van der Waals surface area contributed by atoms with Crippen LogP contribution in [0.25, 0.3) is 22.1 Å². The number of carbonyl (C=O) groups excluding carboxylic acids is 1. The Morgan fingerprint density at radius 1 is 1.22 bits per heavy atom. The van der Waals surface area contributed by atoms with Crippen molar-refractivity contribution in [1.82, 2.24) is 14.9 Å². The van der Waals surface area contributed by atoms with Gasteiger partial charge >= 0.3 is 0 Å². The number of para-hydroxylation sites is 1. The second-order valence-corrected chi connectivity index (χ2v) is 5.44. The molecule has 4 aromatic rings. The van der Waals surface area contributed by atoms with E-state index >= 15 is 0 Å². The number of amides is 1. The molecule has 0 atom stereocenters. The molecule has 0 spiro atoms. The third kappa shape index (κ3) is 2.26. The number of benzene rings is 1. The maximum absolute atomic E-state index is 12.4. The van der Waals surface area contributed by atoms with Crippen LogP contribution in [0.1, 0.15) is 16.1 Å². The van der Waals surface area contributed by atoms with E-state index in [9.17, 15) is 4.79 Å². The summed E-state index contributed by atoms with van der Waals surface area (Å²) in [5.74, 6) is -0.133. The van der Waals surface area contributed by atoms with Crippen molar-refractivity contribution in [3.05, 3.63) is 66.1 Å². The number of hydrogen-bond donors (Lipinski definition) is 1. The van der Waals surface area contributed by atoms with Crippen LogP contribution in [-0.4, -0.2) is 15.5 Å². The van der Waals surface area contributed by atoms with Gasteiger partial charge in [0.25, 0.3) is 5.91 Å². The smallest absolute Gasteiger partial charge is 0.268 e. The molecule has 1 amide bonds. The molecule has 0 bridgehead atoms. The van der Waals surface area contributed by atoms with Crippen molar-refractivity contribution in [3.63, 3.8) is 0 Å². The summed E-state index contributed by atoms with van der Waals surface area (Å²) in [6.45, 7) is 0.444. The molecule has 0 radical (unpaired) electrons. The molecule has 5 nitrogen and oxygen atoms in total. The molecule has 0 saturated carbocycles. The molecule has 1 aromatic carbocycles. The van der Waals surface area contributed by atoms with Crippen molar-refractivity contribution in [1.29, 1.82) is 0 Å². The summed E-state index contributed by atoms with van der Waals surface area (Å²) in [7, 11) is 1.88. The van der Waals surface area contributed by atoms with Crippen LogP contribution in [0, 0.1) is 0 Å². The van der Waals surface area contributed by atoms with Gasteiger partial charge in [-0.2, -0.15) is 0 Å². The number of fused-ring (bicyclic) bond motifs is 3. The number of hydrogen-bond acceptors (Lipinski definition) is 3. The minimum Gasteiger partial charge on any atom is -0.454 e. The van der Waals surface area contributed by atoms with Crippen LogP contribution in [0.5, 0.6) is 0 Å². The zero-order valence-electron chi connectivity index (χ0n) is 12.6. The number of nitrogens with one attached hydrogen (secondary N) is 1. The zero-order valence-corrected chi connectivity index (χ0v) is 12.6. The number of aromatic nitrogens is 2. The predicted octanol–water partition coefficient (Wildman–Crippen LogP) is 3.25. The Labute approximate surface area is 132 Å². The molecule has 0 unspecified atom stereocenters. The second-order valence-electron chi connectivity index (χ2n) is 5.44. The Kier molecular flexibility index (Phi) is 3.12. The zero-order chi connectivity index (χ0) is 15.8. The minimum absolute atomic E-state index is 0.133. The normalized spacial score (nSPS) is 11.2. The molecule has 3 heterocycles. The van der Waals surface area contributed by atoms with Gasteiger partial charge in [-0.25, -0.2) is 0 Å². The van der Waals surface area contributed by atoms with Crippen molar-refractivity contribution in [2.75, 3.05) is 0 Å². The van der Waals surface area contributed by atoms with Crippen molar-refractivity contribution >= 4 is 28.0 Å². The fourth-order valence-corrected chi connectivity index (χ4v) is 2.83. The summed E-state index contributed by atoms with van der Waals surface area (Å²) < 4.78 is 7.69. The van der Waals surface area contributed by atoms with Gasteiger partial charge in [-0.3, -0.25) is 9.78 Å². The fraction of sp³-hybridized carbons (Fsp3) is 0.111. The van der Waals surface area contributed by atoms with E-state index in [0.29, 0.717) is 12.2 Å². The van der Waals surface area contributed by atoms with Gasteiger partial charge in [-0.15, -0.1) is 0 Å². The topological polar surface area (TPSA) is 60.1 Å². The maximum atomic E-state index is 12.4. The molecule has 0 aliphatic rings. The van der Waals surface area contributed by atoms with Crippen molar-refractivity contribution in [2.24, 2.45) is 7.05 Å². The molecule has 0 saturated heterocycles. The summed E-state index contributed by atoms with van der Waals surface area (Å²) in [4.78, 5) is 16.5. The van der Waals surface area contributed by atoms with E-state index < -0.39 is 0 Å². The van der Waals surface area contributed by atoms with Gasteiger partial charge in [0.15, 0.2) is 5.58 Å². The third-order valence-electron chi connectivity index (χ3n) is 3.97.